The third-order valence-electron chi connectivity index (χ3n) is 1.93. The number of phenolic OH excluding ortho intramolecular Hbond substituents is 1. The molecule has 0 aliphatic carbocycles. The Hall–Kier alpha value is -1.55. The third kappa shape index (κ3) is 2.70. The highest BCUT2D eigenvalue weighted by Crippen LogP contribution is 2.23. The van der Waals surface area contributed by atoms with Crippen molar-refractivity contribution in [3.05, 3.63) is 24.3 Å². The Bertz CT molecular complexity index is 351. The smallest absolute Gasteiger partial charge is 0.256 e. The van der Waals surface area contributed by atoms with E-state index >= 15 is 0 Å². The van der Waals surface area contributed by atoms with E-state index in [2.05, 4.69) is 0 Å². The van der Waals surface area contributed by atoms with Crippen molar-refractivity contribution in [1.29, 1.82) is 0 Å². The maximum atomic E-state index is 11.7. The number of nitrogens with zero attached hydrogens (tertiary/aromatic N) is 1. The topological polar surface area (TPSA) is 60.8 Å². The van der Waals surface area contributed by atoms with Crippen LogP contribution in [0.3, 0.4) is 0 Å². The molecule has 4 heteroatoms. The Morgan fingerprint density at radius 3 is 2.07 bits per heavy atom. The summed E-state index contributed by atoms with van der Waals surface area (Å²) in [7, 11) is 0. The third-order valence-corrected chi connectivity index (χ3v) is 1.93. The van der Waals surface area contributed by atoms with Crippen molar-refractivity contribution in [3.8, 4) is 5.75 Å². The summed E-state index contributed by atoms with van der Waals surface area (Å²) in [5.74, 6) is -0.302. The van der Waals surface area contributed by atoms with Gasteiger partial charge in [0.2, 0.25) is 0 Å². The Morgan fingerprint density at radius 1 is 1.20 bits per heavy atom. The zero-order valence-electron chi connectivity index (χ0n) is 9.06. The first-order chi connectivity index (χ1) is 6.82. The second-order valence-electron chi connectivity index (χ2n) is 4.38. The highest BCUT2D eigenvalue weighted by molar-refractivity contribution is 5.94. The lowest BCUT2D eigenvalue weighted by atomic mass is 9.95. The predicted molar refractivity (Wildman–Crippen MR) is 56.8 cm³/mol. The van der Waals surface area contributed by atoms with Crippen molar-refractivity contribution in [2.24, 2.45) is 5.41 Å². The van der Waals surface area contributed by atoms with Crippen LogP contribution in [0.2, 0.25) is 0 Å². The molecule has 0 unspecified atom stereocenters. The number of hydrogen-bond acceptors (Lipinski definition) is 3. The second kappa shape index (κ2) is 3.90. The summed E-state index contributed by atoms with van der Waals surface area (Å²) in [5, 5.41) is 19.3. The van der Waals surface area contributed by atoms with Crippen LogP contribution < -0.4 is 5.06 Å². The first-order valence-electron chi connectivity index (χ1n) is 4.65. The van der Waals surface area contributed by atoms with Crippen LogP contribution in [0.25, 0.3) is 0 Å². The molecule has 1 aromatic carbocycles. The molecule has 15 heavy (non-hydrogen) atoms. The average Bonchev–Trinajstić information content (AvgIpc) is 2.15. The van der Waals surface area contributed by atoms with Gasteiger partial charge in [0.05, 0.1) is 5.69 Å². The molecule has 82 valence electrons. The fourth-order valence-corrected chi connectivity index (χ4v) is 1.03. The lowest BCUT2D eigenvalue weighted by Gasteiger charge is -2.23. The molecular formula is C11H15NO3. The Kier molecular flexibility index (Phi) is 3.00. The van der Waals surface area contributed by atoms with E-state index in [4.69, 9.17) is 5.11 Å². The van der Waals surface area contributed by atoms with Gasteiger partial charge in [0.15, 0.2) is 0 Å². The van der Waals surface area contributed by atoms with Crippen LogP contribution in [0, 0.1) is 5.41 Å². The first kappa shape index (κ1) is 11.5. The van der Waals surface area contributed by atoms with Crippen LogP contribution in [-0.2, 0) is 4.79 Å². The SMILES string of the molecule is CC(C)(C)C(=O)N(O)c1ccc(O)cc1. The summed E-state index contributed by atoms with van der Waals surface area (Å²) in [5.41, 5.74) is -0.306. The zero-order valence-corrected chi connectivity index (χ0v) is 9.06. The molecule has 0 heterocycles. The van der Waals surface area contributed by atoms with E-state index in [1.165, 1.54) is 24.3 Å². The Morgan fingerprint density at radius 2 is 1.67 bits per heavy atom. The number of aromatic hydroxyl groups is 1. The summed E-state index contributed by atoms with van der Waals surface area (Å²) in [4.78, 5) is 11.7. The number of hydrogen-bond donors (Lipinski definition) is 2. The van der Waals surface area contributed by atoms with Gasteiger partial charge in [-0.15, -0.1) is 0 Å². The standard InChI is InChI=1S/C11H15NO3/c1-11(2,3)10(14)12(15)8-4-6-9(13)7-5-8/h4-7,13,15H,1-3H3. The highest BCUT2D eigenvalue weighted by Gasteiger charge is 2.27. The number of benzene rings is 1. The molecule has 0 aliphatic heterocycles. The molecule has 0 saturated heterocycles. The summed E-state index contributed by atoms with van der Waals surface area (Å²) in [6.07, 6.45) is 0. The van der Waals surface area contributed by atoms with Gasteiger partial charge in [-0.1, -0.05) is 20.8 Å². The molecule has 0 saturated carbocycles. The lowest BCUT2D eigenvalue weighted by molar-refractivity contribution is -0.131. The minimum absolute atomic E-state index is 0.0929. The molecule has 2 N–H and O–H groups in total. The average molecular weight is 209 g/mol. The second-order valence-corrected chi connectivity index (χ2v) is 4.38. The molecular weight excluding hydrogens is 194 g/mol. The van der Waals surface area contributed by atoms with E-state index in [-0.39, 0.29) is 5.75 Å². The molecule has 0 fully saturated rings. The minimum atomic E-state index is -0.646. The highest BCUT2D eigenvalue weighted by atomic mass is 16.5. The van der Waals surface area contributed by atoms with Crippen LogP contribution >= 0.6 is 0 Å². The lowest BCUT2D eigenvalue weighted by Crippen LogP contribution is -2.37. The fraction of sp³-hybridized carbons (Fsp3) is 0.364. The van der Waals surface area contributed by atoms with Gasteiger partial charge in [-0.2, -0.15) is 5.06 Å². The minimum Gasteiger partial charge on any atom is -0.508 e. The van der Waals surface area contributed by atoms with E-state index in [1.807, 2.05) is 0 Å². The number of rotatable bonds is 1. The molecule has 0 bridgehead atoms. The number of phenols is 1. The fourth-order valence-electron chi connectivity index (χ4n) is 1.03. The summed E-state index contributed by atoms with van der Waals surface area (Å²) in [6.45, 7) is 5.16. The Labute approximate surface area is 88.7 Å². The van der Waals surface area contributed by atoms with Gasteiger partial charge in [-0.3, -0.25) is 10.0 Å². The maximum Gasteiger partial charge on any atom is 0.256 e. The van der Waals surface area contributed by atoms with Gasteiger partial charge in [0.25, 0.3) is 5.91 Å². The van der Waals surface area contributed by atoms with Gasteiger partial charge in [0, 0.05) is 5.41 Å². The molecule has 1 rings (SSSR count). The Balaban J connectivity index is 2.90. The van der Waals surface area contributed by atoms with E-state index in [0.29, 0.717) is 10.8 Å². The molecule has 4 nitrogen and oxygen atoms in total. The van der Waals surface area contributed by atoms with Gasteiger partial charge in [-0.25, -0.2) is 0 Å². The van der Waals surface area contributed by atoms with Crippen molar-refractivity contribution in [1.82, 2.24) is 0 Å². The monoisotopic (exact) mass is 209 g/mol. The molecule has 0 spiro atoms. The van der Waals surface area contributed by atoms with Crippen molar-refractivity contribution in [2.75, 3.05) is 5.06 Å². The van der Waals surface area contributed by atoms with Crippen LogP contribution in [0.4, 0.5) is 5.69 Å². The largest absolute Gasteiger partial charge is 0.508 e. The van der Waals surface area contributed by atoms with Crippen molar-refractivity contribution in [2.45, 2.75) is 20.8 Å². The quantitative estimate of drug-likeness (QED) is 0.550. The number of carbonyl (C=O) groups excluding carboxylic acids is 1. The van der Waals surface area contributed by atoms with Crippen LogP contribution in [0.15, 0.2) is 24.3 Å². The zero-order chi connectivity index (χ0) is 11.6. The van der Waals surface area contributed by atoms with E-state index in [0.717, 1.165) is 0 Å². The van der Waals surface area contributed by atoms with Gasteiger partial charge in [0.1, 0.15) is 5.75 Å². The number of hydroxylamine groups is 1. The first-order valence-corrected chi connectivity index (χ1v) is 4.65. The van der Waals surface area contributed by atoms with Gasteiger partial charge in [-0.05, 0) is 24.3 Å². The molecule has 0 atom stereocenters. The van der Waals surface area contributed by atoms with Crippen LogP contribution in [-0.4, -0.2) is 16.2 Å². The van der Waals surface area contributed by atoms with E-state index in [1.54, 1.807) is 20.8 Å². The van der Waals surface area contributed by atoms with Crippen molar-refractivity contribution in [3.63, 3.8) is 0 Å². The number of anilines is 1. The van der Waals surface area contributed by atoms with Gasteiger partial charge >= 0.3 is 0 Å². The molecule has 1 amide bonds. The molecule has 0 aliphatic rings. The van der Waals surface area contributed by atoms with Crippen LogP contribution in [0.1, 0.15) is 20.8 Å². The van der Waals surface area contributed by atoms with E-state index < -0.39 is 11.3 Å². The number of carbonyl (C=O) groups is 1. The van der Waals surface area contributed by atoms with Crippen molar-refractivity contribution < 1.29 is 15.1 Å². The molecule has 1 aromatic rings. The van der Waals surface area contributed by atoms with E-state index in [9.17, 15) is 10.0 Å². The summed E-state index contributed by atoms with van der Waals surface area (Å²) < 4.78 is 0. The van der Waals surface area contributed by atoms with Gasteiger partial charge < -0.3 is 5.11 Å². The summed E-state index contributed by atoms with van der Waals surface area (Å²) >= 11 is 0. The van der Waals surface area contributed by atoms with Crippen LogP contribution in [0.5, 0.6) is 5.75 Å². The molecule has 0 aromatic heterocycles. The maximum absolute atomic E-state index is 11.7. The molecule has 0 radical (unpaired) electrons. The normalized spacial score (nSPS) is 11.2. The number of amides is 1. The summed E-state index contributed by atoms with van der Waals surface area (Å²) in [6, 6.07) is 5.76. The van der Waals surface area contributed by atoms with Crippen molar-refractivity contribution >= 4 is 11.6 Å². The predicted octanol–water partition coefficient (Wildman–Crippen LogP) is 2.16.